The van der Waals surface area contributed by atoms with Gasteiger partial charge in [-0.05, 0) is 98.2 Å². The van der Waals surface area contributed by atoms with Crippen molar-refractivity contribution in [2.75, 3.05) is 23.7 Å². The van der Waals surface area contributed by atoms with E-state index in [0.29, 0.717) is 50.1 Å². The summed E-state index contributed by atoms with van der Waals surface area (Å²) >= 11 is 0. The Labute approximate surface area is 306 Å². The van der Waals surface area contributed by atoms with E-state index >= 15 is 0 Å². The average molecular weight is 695 g/mol. The molecule has 0 spiro atoms. The molecule has 8 heteroatoms. The molecule has 2 heterocycles. The summed E-state index contributed by atoms with van der Waals surface area (Å²) < 4.78 is 0. The molecular weight excluding hydrogens is 649 g/mol. The van der Waals surface area contributed by atoms with Gasteiger partial charge in [0.15, 0.2) is 0 Å². The van der Waals surface area contributed by atoms with E-state index in [0.717, 1.165) is 35.1 Å². The highest BCUT2D eigenvalue weighted by Crippen LogP contribution is 2.29. The van der Waals surface area contributed by atoms with Gasteiger partial charge >= 0.3 is 0 Å². The van der Waals surface area contributed by atoms with Gasteiger partial charge in [0.1, 0.15) is 12.1 Å². The van der Waals surface area contributed by atoms with Crippen molar-refractivity contribution in [1.82, 2.24) is 9.80 Å². The van der Waals surface area contributed by atoms with Crippen molar-refractivity contribution < 1.29 is 19.2 Å². The zero-order valence-electron chi connectivity index (χ0n) is 29.9. The Kier molecular flexibility index (Phi) is 11.8. The van der Waals surface area contributed by atoms with Crippen molar-refractivity contribution in [2.45, 2.75) is 76.3 Å². The average Bonchev–Trinajstić information content (AvgIpc) is 3.88. The molecule has 8 nitrogen and oxygen atoms in total. The van der Waals surface area contributed by atoms with Crippen LogP contribution in [0.5, 0.6) is 0 Å². The van der Waals surface area contributed by atoms with Crippen LogP contribution in [0.3, 0.4) is 0 Å². The highest BCUT2D eigenvalue weighted by molar-refractivity contribution is 5.99. The molecule has 2 aliphatic heterocycles. The number of hydrogen-bond donors (Lipinski definition) is 2. The van der Waals surface area contributed by atoms with Gasteiger partial charge in [-0.1, -0.05) is 86.4 Å². The quantitative estimate of drug-likeness (QED) is 0.170. The number of likely N-dealkylation sites (tertiary alicyclic amines) is 2. The first kappa shape index (κ1) is 36.1. The zero-order chi connectivity index (χ0) is 36.5. The number of nitrogens with one attached hydrogen (secondary N) is 2. The molecule has 4 amide bonds. The molecule has 2 saturated heterocycles. The maximum absolute atomic E-state index is 13.5. The number of anilines is 2. The molecule has 266 valence electrons. The molecule has 6 rings (SSSR count). The van der Waals surface area contributed by atoms with Crippen molar-refractivity contribution in [3.8, 4) is 11.8 Å². The number of hydrogen-bond acceptors (Lipinski definition) is 4. The van der Waals surface area contributed by atoms with Crippen LogP contribution >= 0.6 is 0 Å². The summed E-state index contributed by atoms with van der Waals surface area (Å²) in [6.45, 7) is 5.17. The zero-order valence-corrected chi connectivity index (χ0v) is 29.9. The summed E-state index contributed by atoms with van der Waals surface area (Å²) in [6, 6.07) is 33.2. The maximum Gasteiger partial charge on any atom is 0.247 e. The number of rotatable bonds is 10. The number of nitrogens with zero attached hydrogens (tertiary/aromatic N) is 2. The number of amides is 4. The lowest BCUT2D eigenvalue weighted by Crippen LogP contribution is -2.45. The Balaban J connectivity index is 1.02. The van der Waals surface area contributed by atoms with E-state index in [1.807, 2.05) is 123 Å². The summed E-state index contributed by atoms with van der Waals surface area (Å²) in [5.74, 6) is 5.45. The van der Waals surface area contributed by atoms with Crippen LogP contribution in [-0.4, -0.2) is 58.6 Å². The van der Waals surface area contributed by atoms with E-state index in [4.69, 9.17) is 0 Å². The molecule has 2 fully saturated rings. The molecule has 2 N–H and O–H groups in total. The Bertz CT molecular complexity index is 1780. The first-order chi connectivity index (χ1) is 25.4. The second-order valence-electron chi connectivity index (χ2n) is 13.5. The van der Waals surface area contributed by atoms with Gasteiger partial charge in [0.25, 0.3) is 0 Å². The molecule has 4 aromatic carbocycles. The van der Waals surface area contributed by atoms with Gasteiger partial charge in [-0.15, -0.1) is 0 Å². The Morgan fingerprint density at radius 3 is 1.29 bits per heavy atom. The van der Waals surface area contributed by atoms with Crippen LogP contribution in [-0.2, 0) is 19.2 Å². The van der Waals surface area contributed by atoms with E-state index in [-0.39, 0.29) is 35.5 Å². The molecule has 4 aromatic rings. The summed E-state index contributed by atoms with van der Waals surface area (Å²) in [5, 5.41) is 5.99. The van der Waals surface area contributed by atoms with Gasteiger partial charge in [0.05, 0.1) is 11.8 Å². The highest BCUT2D eigenvalue weighted by Gasteiger charge is 2.38. The fraction of sp³-hybridized carbons (Fsp3) is 0.318. The molecule has 2 aliphatic rings. The fourth-order valence-corrected chi connectivity index (χ4v) is 7.35. The number of benzene rings is 4. The van der Waals surface area contributed by atoms with E-state index in [9.17, 15) is 19.2 Å². The SMILES string of the molecule is CC[C@@H](C(=O)N1CCC[C@H]1C(=O)Nc1ccc(C#Cc2ccc(NC(=O)[C@@H]3CCCN3C(=O)[C@H](CC)c3ccccc3)cc2)cc1)c1ccccc1. The van der Waals surface area contributed by atoms with Gasteiger partial charge in [0, 0.05) is 35.6 Å². The molecule has 0 aromatic heterocycles. The number of carbonyl (C=O) groups is 4. The van der Waals surface area contributed by atoms with Crippen LogP contribution in [0, 0.1) is 11.8 Å². The van der Waals surface area contributed by atoms with Crippen LogP contribution in [0.15, 0.2) is 109 Å². The third kappa shape index (κ3) is 8.43. The summed E-state index contributed by atoms with van der Waals surface area (Å²) in [4.78, 5) is 57.1. The van der Waals surface area contributed by atoms with Crippen molar-refractivity contribution in [1.29, 1.82) is 0 Å². The molecule has 0 bridgehead atoms. The first-order valence-electron chi connectivity index (χ1n) is 18.4. The smallest absolute Gasteiger partial charge is 0.247 e. The van der Waals surface area contributed by atoms with E-state index < -0.39 is 12.1 Å². The number of carbonyl (C=O) groups excluding carboxylic acids is 4. The second-order valence-corrected chi connectivity index (χ2v) is 13.5. The van der Waals surface area contributed by atoms with Crippen LogP contribution in [0.25, 0.3) is 0 Å². The Hall–Kier alpha value is -5.68. The van der Waals surface area contributed by atoms with Crippen molar-refractivity contribution >= 4 is 35.0 Å². The molecule has 0 radical (unpaired) electrons. The minimum atomic E-state index is -0.495. The highest BCUT2D eigenvalue weighted by atomic mass is 16.2. The van der Waals surface area contributed by atoms with E-state index in [2.05, 4.69) is 22.5 Å². The van der Waals surface area contributed by atoms with Crippen molar-refractivity contribution in [2.24, 2.45) is 0 Å². The molecule has 0 aliphatic carbocycles. The third-order valence-electron chi connectivity index (χ3n) is 10.1. The van der Waals surface area contributed by atoms with Gasteiger partial charge in [-0.2, -0.15) is 0 Å². The van der Waals surface area contributed by atoms with Crippen molar-refractivity contribution in [3.63, 3.8) is 0 Å². The summed E-state index contributed by atoms with van der Waals surface area (Å²) in [6.07, 6.45) is 4.23. The molecular formula is C44H46N4O4. The lowest BCUT2D eigenvalue weighted by molar-refractivity contribution is -0.138. The van der Waals surface area contributed by atoms with Gasteiger partial charge in [-0.25, -0.2) is 0 Å². The van der Waals surface area contributed by atoms with Gasteiger partial charge in [0.2, 0.25) is 23.6 Å². The first-order valence-corrected chi connectivity index (χ1v) is 18.4. The minimum absolute atomic E-state index is 0.00367. The van der Waals surface area contributed by atoms with Crippen LogP contribution in [0.4, 0.5) is 11.4 Å². The van der Waals surface area contributed by atoms with Crippen LogP contribution in [0.2, 0.25) is 0 Å². The Morgan fingerprint density at radius 1 is 0.577 bits per heavy atom. The van der Waals surface area contributed by atoms with E-state index in [1.165, 1.54) is 0 Å². The topological polar surface area (TPSA) is 98.8 Å². The summed E-state index contributed by atoms with van der Waals surface area (Å²) in [7, 11) is 0. The second kappa shape index (κ2) is 17.0. The van der Waals surface area contributed by atoms with Gasteiger partial charge in [-0.3, -0.25) is 19.2 Å². The molecule has 0 saturated carbocycles. The lowest BCUT2D eigenvalue weighted by atomic mass is 9.94. The van der Waals surface area contributed by atoms with Crippen LogP contribution in [0.1, 0.15) is 86.5 Å². The van der Waals surface area contributed by atoms with Crippen molar-refractivity contribution in [3.05, 3.63) is 131 Å². The molecule has 4 atom stereocenters. The lowest BCUT2D eigenvalue weighted by Gasteiger charge is -2.28. The summed E-state index contributed by atoms with van der Waals surface area (Å²) in [5.41, 5.74) is 4.83. The minimum Gasteiger partial charge on any atom is -0.330 e. The maximum atomic E-state index is 13.5. The fourth-order valence-electron chi connectivity index (χ4n) is 7.35. The normalized spacial score (nSPS) is 17.8. The molecule has 52 heavy (non-hydrogen) atoms. The van der Waals surface area contributed by atoms with Gasteiger partial charge < -0.3 is 20.4 Å². The monoisotopic (exact) mass is 694 g/mol. The predicted molar refractivity (Wildman–Crippen MR) is 205 cm³/mol. The third-order valence-corrected chi connectivity index (χ3v) is 10.1. The van der Waals surface area contributed by atoms with E-state index in [1.54, 1.807) is 9.80 Å². The largest absolute Gasteiger partial charge is 0.330 e. The van der Waals surface area contributed by atoms with Crippen LogP contribution < -0.4 is 10.6 Å². The predicted octanol–water partition coefficient (Wildman–Crippen LogP) is 7.33. The Morgan fingerprint density at radius 2 is 0.942 bits per heavy atom. The molecule has 0 unspecified atom stereocenters. The standard InChI is InChI=1S/C44H46N4O4/c1-3-37(33-13-7-5-8-14-33)43(51)47-29-11-17-39(47)41(49)45-35-25-21-31(22-26-35)19-20-32-23-27-36(28-24-32)46-42(50)40-18-12-30-48(40)44(52)38(4-2)34-15-9-6-10-16-34/h5-10,13-16,21-28,37-40H,3-4,11-12,17-18,29-30H2,1-2H3,(H,45,49)(H,46,50)/t37-,38-,39+,40+/m1/s1.